The number of fused-ring (bicyclic) bond motifs is 1. The van der Waals surface area contributed by atoms with Crippen LogP contribution in [0.1, 0.15) is 18.9 Å². The molecule has 2 aliphatic rings. The third kappa shape index (κ3) is 5.84. The number of hydrogen-bond acceptors (Lipinski definition) is 9. The number of nitrogens with one attached hydrogen (secondary N) is 1. The molecule has 0 aromatic carbocycles. The van der Waals surface area contributed by atoms with E-state index in [1.807, 2.05) is 13.0 Å². The standard InChI is InChI=1S/C23H29N5O4S2/c1-2-31-13-5-9-28-22(30)18(34-23(28)33)16-17-20(24-7-10-26-11-14-32-15-12-26)25-19-6-3-4-8-27(19)21(17)29/h3-4,6,8,16,24H,2,5,7,9-15H2,1H3/b18-16-. The Hall–Kier alpha value is -2.31. The first-order chi connectivity index (χ1) is 16.6. The number of rotatable bonds is 10. The molecule has 0 saturated carbocycles. The van der Waals surface area contributed by atoms with E-state index in [-0.39, 0.29) is 11.5 Å². The minimum absolute atomic E-state index is 0.191. The molecule has 2 saturated heterocycles. The molecule has 0 aliphatic carbocycles. The molecule has 1 amide bonds. The number of pyridine rings is 1. The fourth-order valence-electron chi connectivity index (χ4n) is 3.82. The van der Waals surface area contributed by atoms with Crippen LogP contribution in [0.25, 0.3) is 11.7 Å². The summed E-state index contributed by atoms with van der Waals surface area (Å²) < 4.78 is 12.7. The molecule has 11 heteroatoms. The Bertz CT molecular complexity index is 1130. The van der Waals surface area contributed by atoms with E-state index in [1.54, 1.807) is 29.3 Å². The number of amides is 1. The smallest absolute Gasteiger partial charge is 0.267 e. The highest BCUT2D eigenvalue weighted by molar-refractivity contribution is 8.26. The molecule has 182 valence electrons. The van der Waals surface area contributed by atoms with Crippen LogP contribution in [0.3, 0.4) is 0 Å². The predicted molar refractivity (Wildman–Crippen MR) is 138 cm³/mol. The quantitative estimate of drug-likeness (QED) is 0.297. The van der Waals surface area contributed by atoms with Gasteiger partial charge in [0.1, 0.15) is 15.8 Å². The molecule has 2 aromatic rings. The Morgan fingerprint density at radius 1 is 1.26 bits per heavy atom. The molecule has 0 radical (unpaired) electrons. The van der Waals surface area contributed by atoms with Crippen molar-refractivity contribution in [1.29, 1.82) is 0 Å². The lowest BCUT2D eigenvalue weighted by atomic mass is 10.2. The average Bonchev–Trinajstić information content (AvgIpc) is 3.12. The van der Waals surface area contributed by atoms with E-state index in [9.17, 15) is 9.59 Å². The van der Waals surface area contributed by atoms with Gasteiger partial charge in [-0.05, 0) is 31.6 Å². The molecule has 0 spiro atoms. The van der Waals surface area contributed by atoms with Gasteiger partial charge in [0.15, 0.2) is 0 Å². The average molecular weight is 504 g/mol. The summed E-state index contributed by atoms with van der Waals surface area (Å²) in [6.07, 6.45) is 3.99. The second-order valence-corrected chi connectivity index (χ2v) is 9.55. The summed E-state index contributed by atoms with van der Waals surface area (Å²) in [5.74, 6) is 0.273. The molecule has 34 heavy (non-hydrogen) atoms. The maximum atomic E-state index is 13.3. The van der Waals surface area contributed by atoms with Crippen molar-refractivity contribution in [1.82, 2.24) is 19.2 Å². The number of thioether (sulfide) groups is 1. The van der Waals surface area contributed by atoms with Crippen molar-refractivity contribution in [3.8, 4) is 0 Å². The van der Waals surface area contributed by atoms with E-state index >= 15 is 0 Å². The molecule has 4 heterocycles. The SMILES string of the molecule is CCOCCCN1C(=O)/C(=C/c2c(NCCN3CCOCC3)nc3ccccn3c2=O)SC1=S. The molecular weight excluding hydrogens is 474 g/mol. The molecule has 1 N–H and O–H groups in total. The fraction of sp³-hybridized carbons (Fsp3) is 0.478. The second kappa shape index (κ2) is 11.9. The van der Waals surface area contributed by atoms with Gasteiger partial charge in [-0.2, -0.15) is 0 Å². The molecule has 4 rings (SSSR count). The number of thiocarbonyl (C=S) groups is 1. The number of ether oxygens (including phenoxy) is 2. The normalized spacial score (nSPS) is 18.4. The molecule has 0 atom stereocenters. The zero-order valence-electron chi connectivity index (χ0n) is 19.2. The van der Waals surface area contributed by atoms with Crippen molar-refractivity contribution in [3.63, 3.8) is 0 Å². The maximum Gasteiger partial charge on any atom is 0.267 e. The van der Waals surface area contributed by atoms with Crippen LogP contribution in [-0.4, -0.2) is 88.6 Å². The van der Waals surface area contributed by atoms with Crippen molar-refractivity contribution >= 4 is 51.7 Å². The van der Waals surface area contributed by atoms with Crippen molar-refractivity contribution in [2.75, 3.05) is 64.5 Å². The summed E-state index contributed by atoms with van der Waals surface area (Å²) >= 11 is 6.64. The van der Waals surface area contributed by atoms with Crippen LogP contribution in [0.15, 0.2) is 34.1 Å². The minimum atomic E-state index is -0.235. The van der Waals surface area contributed by atoms with E-state index in [2.05, 4.69) is 15.2 Å². The predicted octanol–water partition coefficient (Wildman–Crippen LogP) is 2.07. The summed E-state index contributed by atoms with van der Waals surface area (Å²) in [6, 6.07) is 5.41. The number of aromatic nitrogens is 2. The third-order valence-corrected chi connectivity index (χ3v) is 6.99. The van der Waals surface area contributed by atoms with Gasteiger partial charge in [0.05, 0.1) is 23.7 Å². The Morgan fingerprint density at radius 2 is 2.09 bits per heavy atom. The summed E-state index contributed by atoms with van der Waals surface area (Å²) in [6.45, 7) is 8.28. The topological polar surface area (TPSA) is 88.4 Å². The van der Waals surface area contributed by atoms with Gasteiger partial charge in [-0.3, -0.25) is 23.8 Å². The summed E-state index contributed by atoms with van der Waals surface area (Å²) in [5, 5.41) is 3.32. The lowest BCUT2D eigenvalue weighted by Gasteiger charge is -2.26. The highest BCUT2D eigenvalue weighted by Gasteiger charge is 2.32. The molecule has 2 fully saturated rings. The second-order valence-electron chi connectivity index (χ2n) is 7.87. The van der Waals surface area contributed by atoms with Crippen LogP contribution in [0.5, 0.6) is 0 Å². The van der Waals surface area contributed by atoms with Gasteiger partial charge in [0, 0.05) is 52.1 Å². The molecule has 0 bridgehead atoms. The Labute approximate surface area is 208 Å². The molecule has 9 nitrogen and oxygen atoms in total. The Morgan fingerprint density at radius 3 is 2.88 bits per heavy atom. The third-order valence-electron chi connectivity index (χ3n) is 5.62. The first kappa shape index (κ1) is 24.8. The summed E-state index contributed by atoms with van der Waals surface area (Å²) in [7, 11) is 0. The van der Waals surface area contributed by atoms with Gasteiger partial charge in [0.2, 0.25) is 0 Å². The van der Waals surface area contributed by atoms with Crippen molar-refractivity contribution in [3.05, 3.63) is 45.2 Å². The number of morpholine rings is 1. The number of hydrogen-bond donors (Lipinski definition) is 1. The summed E-state index contributed by atoms with van der Waals surface area (Å²) in [4.78, 5) is 35.3. The first-order valence-corrected chi connectivity index (χ1v) is 12.7. The largest absolute Gasteiger partial charge is 0.382 e. The fourth-order valence-corrected chi connectivity index (χ4v) is 5.11. The van der Waals surface area contributed by atoms with E-state index in [1.165, 1.54) is 16.2 Å². The van der Waals surface area contributed by atoms with Gasteiger partial charge in [-0.25, -0.2) is 4.98 Å². The number of nitrogens with zero attached hydrogens (tertiary/aromatic N) is 4. The first-order valence-electron chi connectivity index (χ1n) is 11.5. The van der Waals surface area contributed by atoms with Gasteiger partial charge in [-0.1, -0.05) is 30.0 Å². The van der Waals surface area contributed by atoms with E-state index < -0.39 is 0 Å². The van der Waals surface area contributed by atoms with Crippen LogP contribution in [0.2, 0.25) is 0 Å². The van der Waals surface area contributed by atoms with Crippen molar-refractivity contribution < 1.29 is 14.3 Å². The molecule has 0 unspecified atom stereocenters. The van der Waals surface area contributed by atoms with Crippen molar-refractivity contribution in [2.45, 2.75) is 13.3 Å². The lowest BCUT2D eigenvalue weighted by molar-refractivity contribution is -0.122. The molecule has 2 aromatic heterocycles. The summed E-state index contributed by atoms with van der Waals surface area (Å²) in [5.41, 5.74) is 0.656. The van der Waals surface area contributed by atoms with Gasteiger partial charge >= 0.3 is 0 Å². The van der Waals surface area contributed by atoms with Crippen molar-refractivity contribution in [2.24, 2.45) is 0 Å². The highest BCUT2D eigenvalue weighted by Crippen LogP contribution is 2.33. The monoisotopic (exact) mass is 503 g/mol. The van der Waals surface area contributed by atoms with Crippen LogP contribution in [0, 0.1) is 0 Å². The highest BCUT2D eigenvalue weighted by atomic mass is 32.2. The minimum Gasteiger partial charge on any atom is -0.382 e. The molecule has 2 aliphatic heterocycles. The van der Waals surface area contributed by atoms with Crippen LogP contribution < -0.4 is 10.9 Å². The van der Waals surface area contributed by atoms with E-state index in [4.69, 9.17) is 21.7 Å². The van der Waals surface area contributed by atoms with Gasteiger partial charge in [0.25, 0.3) is 11.5 Å². The lowest BCUT2D eigenvalue weighted by Crippen LogP contribution is -2.39. The van der Waals surface area contributed by atoms with Crippen LogP contribution in [0.4, 0.5) is 5.82 Å². The number of carbonyl (C=O) groups excluding carboxylic acids is 1. The molecular formula is C23H29N5O4S2. The Balaban J connectivity index is 1.57. The van der Waals surface area contributed by atoms with Crippen LogP contribution in [-0.2, 0) is 14.3 Å². The van der Waals surface area contributed by atoms with Gasteiger partial charge < -0.3 is 14.8 Å². The van der Waals surface area contributed by atoms with Crippen LogP contribution >= 0.6 is 24.0 Å². The van der Waals surface area contributed by atoms with E-state index in [0.717, 1.165) is 32.8 Å². The zero-order chi connectivity index (χ0) is 23.9. The van der Waals surface area contributed by atoms with E-state index in [0.29, 0.717) is 59.0 Å². The number of carbonyl (C=O) groups is 1. The van der Waals surface area contributed by atoms with Gasteiger partial charge in [-0.15, -0.1) is 0 Å². The Kier molecular flexibility index (Phi) is 8.68. The number of anilines is 1. The zero-order valence-corrected chi connectivity index (χ0v) is 20.8. The maximum absolute atomic E-state index is 13.3.